The highest BCUT2D eigenvalue weighted by molar-refractivity contribution is 9.10. The second kappa shape index (κ2) is 6.70. The lowest BCUT2D eigenvalue weighted by molar-refractivity contribution is 0.422. The third-order valence-corrected chi connectivity index (χ3v) is 6.47. The van der Waals surface area contributed by atoms with Crippen molar-refractivity contribution in [3.05, 3.63) is 28.7 Å². The van der Waals surface area contributed by atoms with Gasteiger partial charge in [0.1, 0.15) is 0 Å². The molecule has 2 unspecified atom stereocenters. The summed E-state index contributed by atoms with van der Waals surface area (Å²) in [5, 5.41) is 0.956. The first kappa shape index (κ1) is 15.5. The zero-order chi connectivity index (χ0) is 13.9. The zero-order valence-corrected chi connectivity index (χ0v) is 14.5. The summed E-state index contributed by atoms with van der Waals surface area (Å²) in [7, 11) is -3.38. The maximum Gasteiger partial charge on any atom is 0.240 e. The Morgan fingerprint density at radius 3 is 2.42 bits per heavy atom. The molecule has 1 N–H and O–H groups in total. The van der Waals surface area contributed by atoms with Gasteiger partial charge >= 0.3 is 0 Å². The van der Waals surface area contributed by atoms with Crippen LogP contribution in [-0.2, 0) is 10.0 Å². The summed E-state index contributed by atoms with van der Waals surface area (Å²) in [4.78, 5) is 0.323. The van der Waals surface area contributed by atoms with E-state index in [4.69, 9.17) is 0 Å². The number of hydrogen-bond donors (Lipinski definition) is 1. The van der Waals surface area contributed by atoms with Gasteiger partial charge in [-0.25, -0.2) is 13.1 Å². The fourth-order valence-corrected chi connectivity index (χ4v) is 4.71. The van der Waals surface area contributed by atoms with E-state index in [-0.39, 0.29) is 0 Å². The summed E-state index contributed by atoms with van der Waals surface area (Å²) in [6, 6.07) is 6.71. The van der Waals surface area contributed by atoms with E-state index in [9.17, 15) is 8.42 Å². The van der Waals surface area contributed by atoms with Crippen LogP contribution in [-0.4, -0.2) is 20.3 Å². The fourth-order valence-electron chi connectivity index (χ4n) is 2.50. The first-order valence-corrected chi connectivity index (χ1v) is 9.74. The van der Waals surface area contributed by atoms with Crippen molar-refractivity contribution in [2.24, 2.45) is 11.8 Å². The van der Waals surface area contributed by atoms with Gasteiger partial charge in [0.2, 0.25) is 10.0 Å². The molecule has 1 aromatic rings. The molecule has 2 rings (SSSR count). The van der Waals surface area contributed by atoms with Crippen LogP contribution >= 0.6 is 31.9 Å². The highest BCUT2D eigenvalue weighted by Gasteiger charge is 2.27. The molecule has 0 spiro atoms. The summed E-state index contributed by atoms with van der Waals surface area (Å²) >= 11 is 6.81. The smallest absolute Gasteiger partial charge is 0.211 e. The van der Waals surface area contributed by atoms with Crippen LogP contribution in [0.15, 0.2) is 33.6 Å². The number of nitrogens with one attached hydrogen (secondary N) is 1. The molecule has 1 aliphatic rings. The van der Waals surface area contributed by atoms with Crippen LogP contribution in [0.3, 0.4) is 0 Å². The molecule has 0 heterocycles. The summed E-state index contributed by atoms with van der Waals surface area (Å²) < 4.78 is 27.9. The van der Waals surface area contributed by atoms with E-state index in [0.29, 0.717) is 23.3 Å². The van der Waals surface area contributed by atoms with E-state index in [2.05, 4.69) is 36.6 Å². The van der Waals surface area contributed by atoms with Crippen LogP contribution in [0.4, 0.5) is 0 Å². The van der Waals surface area contributed by atoms with E-state index >= 15 is 0 Å². The second-order valence-electron chi connectivity index (χ2n) is 4.91. The lowest BCUT2D eigenvalue weighted by Crippen LogP contribution is -2.31. The maximum atomic E-state index is 12.2. The average Bonchev–Trinajstić information content (AvgIpc) is 2.84. The van der Waals surface area contributed by atoms with Crippen LogP contribution in [0.1, 0.15) is 19.3 Å². The molecule has 2 atom stereocenters. The Bertz CT molecular complexity index is 516. The summed E-state index contributed by atoms with van der Waals surface area (Å²) in [6.45, 7) is 0.536. The molecule has 3 nitrogen and oxygen atoms in total. The molecule has 0 bridgehead atoms. The Balaban J connectivity index is 2.00. The molecule has 0 saturated heterocycles. The Labute approximate surface area is 131 Å². The van der Waals surface area contributed by atoms with Gasteiger partial charge in [-0.2, -0.15) is 0 Å². The number of benzene rings is 1. The number of sulfonamides is 1. The predicted octanol–water partition coefficient (Wildman–Crippen LogP) is 3.54. The predicted molar refractivity (Wildman–Crippen MR) is 84.0 cm³/mol. The van der Waals surface area contributed by atoms with Crippen LogP contribution in [0.5, 0.6) is 0 Å². The Kier molecular flexibility index (Phi) is 5.45. The third-order valence-electron chi connectivity index (χ3n) is 3.67. The fraction of sp³-hybridized carbons (Fsp3) is 0.538. The summed E-state index contributed by atoms with van der Waals surface area (Å²) in [5.41, 5.74) is 0. The van der Waals surface area contributed by atoms with Gasteiger partial charge in [0.25, 0.3) is 0 Å². The van der Waals surface area contributed by atoms with Gasteiger partial charge < -0.3 is 0 Å². The quantitative estimate of drug-likeness (QED) is 0.754. The molecule has 0 amide bonds. The lowest BCUT2D eigenvalue weighted by atomic mass is 9.99. The van der Waals surface area contributed by atoms with Gasteiger partial charge in [-0.3, -0.25) is 0 Å². The molecule has 1 aromatic carbocycles. The van der Waals surface area contributed by atoms with Crippen molar-refractivity contribution in [3.8, 4) is 0 Å². The normalized spacial score (nSPS) is 23.7. The summed E-state index contributed by atoms with van der Waals surface area (Å²) in [6.07, 6.45) is 3.50. The van der Waals surface area contributed by atoms with Crippen LogP contribution in [0.2, 0.25) is 0 Å². The van der Waals surface area contributed by atoms with Gasteiger partial charge in [0, 0.05) is 16.3 Å². The second-order valence-corrected chi connectivity index (χ2v) is 8.24. The van der Waals surface area contributed by atoms with Crippen molar-refractivity contribution in [1.82, 2.24) is 4.72 Å². The minimum absolute atomic E-state index is 0.323. The van der Waals surface area contributed by atoms with E-state index in [1.165, 1.54) is 12.8 Å². The molecule has 0 radical (unpaired) electrons. The van der Waals surface area contributed by atoms with E-state index in [1.54, 1.807) is 24.3 Å². The number of alkyl halides is 1. The largest absolute Gasteiger partial charge is 0.240 e. The number of hydrogen-bond acceptors (Lipinski definition) is 2. The van der Waals surface area contributed by atoms with Gasteiger partial charge in [0.05, 0.1) is 4.90 Å². The zero-order valence-electron chi connectivity index (χ0n) is 10.5. The molecular formula is C13H17Br2NO2S. The average molecular weight is 411 g/mol. The standard InChI is InChI=1S/C13H17Br2NO2S/c14-8-10-2-1-3-11(10)9-16-19(17,18)13-6-4-12(15)5-7-13/h4-7,10-11,16H,1-3,8-9H2. The minimum atomic E-state index is -3.38. The Hall–Kier alpha value is 0.0900. The van der Waals surface area contributed by atoms with Crippen molar-refractivity contribution in [1.29, 1.82) is 0 Å². The van der Waals surface area contributed by atoms with E-state index < -0.39 is 10.0 Å². The third kappa shape index (κ3) is 4.03. The van der Waals surface area contributed by atoms with Crippen molar-refractivity contribution >= 4 is 41.9 Å². The lowest BCUT2D eigenvalue weighted by Gasteiger charge is -2.17. The minimum Gasteiger partial charge on any atom is -0.211 e. The first-order valence-electron chi connectivity index (χ1n) is 6.34. The monoisotopic (exact) mass is 409 g/mol. The molecule has 1 saturated carbocycles. The Morgan fingerprint density at radius 1 is 1.16 bits per heavy atom. The SMILES string of the molecule is O=S(=O)(NCC1CCCC1CBr)c1ccc(Br)cc1. The highest BCUT2D eigenvalue weighted by Crippen LogP contribution is 2.32. The summed E-state index contributed by atoms with van der Waals surface area (Å²) in [5.74, 6) is 1.04. The molecule has 1 fully saturated rings. The molecular weight excluding hydrogens is 394 g/mol. The van der Waals surface area contributed by atoms with Crippen molar-refractivity contribution in [2.45, 2.75) is 24.2 Å². The van der Waals surface area contributed by atoms with E-state index in [0.717, 1.165) is 16.2 Å². The van der Waals surface area contributed by atoms with Crippen LogP contribution in [0, 0.1) is 11.8 Å². The number of rotatable bonds is 5. The topological polar surface area (TPSA) is 46.2 Å². The van der Waals surface area contributed by atoms with E-state index in [1.807, 2.05) is 0 Å². The molecule has 0 aromatic heterocycles. The van der Waals surface area contributed by atoms with Crippen molar-refractivity contribution < 1.29 is 8.42 Å². The van der Waals surface area contributed by atoms with Crippen molar-refractivity contribution in [2.75, 3.05) is 11.9 Å². The molecule has 0 aliphatic heterocycles. The Morgan fingerprint density at radius 2 is 1.79 bits per heavy atom. The van der Waals surface area contributed by atoms with Gasteiger partial charge in [-0.15, -0.1) is 0 Å². The first-order chi connectivity index (χ1) is 9.03. The van der Waals surface area contributed by atoms with Crippen molar-refractivity contribution in [3.63, 3.8) is 0 Å². The number of halogens is 2. The van der Waals surface area contributed by atoms with Crippen LogP contribution in [0.25, 0.3) is 0 Å². The molecule has 6 heteroatoms. The van der Waals surface area contributed by atoms with Crippen LogP contribution < -0.4 is 4.72 Å². The molecule has 19 heavy (non-hydrogen) atoms. The maximum absolute atomic E-state index is 12.2. The highest BCUT2D eigenvalue weighted by atomic mass is 79.9. The van der Waals surface area contributed by atoms with Gasteiger partial charge in [-0.1, -0.05) is 38.3 Å². The van der Waals surface area contributed by atoms with Gasteiger partial charge in [-0.05, 0) is 48.9 Å². The molecule has 1 aliphatic carbocycles. The van der Waals surface area contributed by atoms with Gasteiger partial charge in [0.15, 0.2) is 0 Å². The molecule has 106 valence electrons.